The van der Waals surface area contributed by atoms with E-state index in [0.29, 0.717) is 23.7 Å². The Labute approximate surface area is 116 Å². The molecule has 0 aliphatic heterocycles. The van der Waals surface area contributed by atoms with E-state index in [2.05, 4.69) is 42.6 Å². The molecule has 0 aromatic heterocycles. The number of nitroso groups, excluding NO2 is 1. The first-order chi connectivity index (χ1) is 7.69. The van der Waals surface area contributed by atoms with Gasteiger partial charge in [0, 0.05) is 29.6 Å². The summed E-state index contributed by atoms with van der Waals surface area (Å²) in [4.78, 5) is 21.9. The van der Waals surface area contributed by atoms with Crippen LogP contribution >= 0.6 is 43.5 Å². The Morgan fingerprint density at radius 2 is 1.81 bits per heavy atom. The fraction of sp³-hybridized carbons (Fsp3) is 0.857. The number of hydrazine groups is 1. The molecular formula is C7H13Br2ClN4O2. The maximum absolute atomic E-state index is 11.5. The van der Waals surface area contributed by atoms with Crippen LogP contribution in [0, 0.1) is 4.91 Å². The summed E-state index contributed by atoms with van der Waals surface area (Å²) in [5.41, 5.74) is 2.56. The second kappa shape index (κ2) is 10.2. The van der Waals surface area contributed by atoms with E-state index in [9.17, 15) is 9.70 Å². The number of nitrogens with one attached hydrogen (secondary N) is 1. The molecule has 0 atom stereocenters. The third kappa shape index (κ3) is 6.62. The maximum atomic E-state index is 11.5. The number of carbonyl (C=O) groups is 1. The van der Waals surface area contributed by atoms with Gasteiger partial charge in [-0.3, -0.25) is 5.43 Å². The zero-order valence-corrected chi connectivity index (χ0v) is 12.5. The van der Waals surface area contributed by atoms with Gasteiger partial charge in [-0.05, 0) is 0 Å². The van der Waals surface area contributed by atoms with E-state index in [1.807, 2.05) is 0 Å². The Balaban J connectivity index is 4.18. The fourth-order valence-electron chi connectivity index (χ4n) is 0.880. The lowest BCUT2D eigenvalue weighted by Gasteiger charge is -2.23. The molecule has 6 nitrogen and oxygen atoms in total. The van der Waals surface area contributed by atoms with Gasteiger partial charge in [0.25, 0.3) is 0 Å². The number of hydrogen-bond acceptors (Lipinski definition) is 4. The topological polar surface area (TPSA) is 65.0 Å². The molecule has 0 heterocycles. The van der Waals surface area contributed by atoms with Crippen LogP contribution in [0.4, 0.5) is 4.79 Å². The molecule has 0 unspecified atom stereocenters. The molecule has 16 heavy (non-hydrogen) atoms. The molecule has 0 aromatic carbocycles. The number of alkyl halides is 3. The standard InChI is InChI=1S/C7H13Br2ClN4O2/c8-1-4-13(5-2-9)11-7(15)14(12-16)6-3-10/h1-6H2,(H,11,15). The molecule has 1 N–H and O–H groups in total. The van der Waals surface area contributed by atoms with Crippen molar-refractivity contribution in [1.29, 1.82) is 0 Å². The van der Waals surface area contributed by atoms with Gasteiger partial charge in [-0.15, -0.1) is 16.5 Å². The highest BCUT2D eigenvalue weighted by Gasteiger charge is 2.15. The summed E-state index contributed by atoms with van der Waals surface area (Å²) in [6.45, 7) is 1.35. The van der Waals surface area contributed by atoms with Crippen LogP contribution < -0.4 is 5.43 Å². The van der Waals surface area contributed by atoms with Gasteiger partial charge >= 0.3 is 6.03 Å². The van der Waals surface area contributed by atoms with E-state index < -0.39 is 6.03 Å². The zero-order valence-electron chi connectivity index (χ0n) is 8.53. The second-order valence-corrected chi connectivity index (χ2v) is 4.64. The molecule has 0 aromatic rings. The van der Waals surface area contributed by atoms with Crippen molar-refractivity contribution in [3.63, 3.8) is 0 Å². The average Bonchev–Trinajstić information content (AvgIpc) is 2.26. The van der Waals surface area contributed by atoms with E-state index >= 15 is 0 Å². The molecule has 2 amide bonds. The summed E-state index contributed by atoms with van der Waals surface area (Å²) >= 11 is 12.0. The zero-order chi connectivity index (χ0) is 12.4. The Morgan fingerprint density at radius 1 is 1.25 bits per heavy atom. The van der Waals surface area contributed by atoms with Crippen molar-refractivity contribution in [2.75, 3.05) is 36.2 Å². The Morgan fingerprint density at radius 3 is 2.19 bits per heavy atom. The molecule has 0 radical (unpaired) electrons. The van der Waals surface area contributed by atoms with Crippen LogP contribution in [0.1, 0.15) is 0 Å². The maximum Gasteiger partial charge on any atom is 0.354 e. The van der Waals surface area contributed by atoms with Crippen LogP contribution in [0.5, 0.6) is 0 Å². The molecule has 0 fully saturated rings. The van der Waals surface area contributed by atoms with Crippen molar-refractivity contribution in [3.05, 3.63) is 4.91 Å². The summed E-state index contributed by atoms with van der Waals surface area (Å²) in [5, 5.41) is 6.44. The molecular weight excluding hydrogens is 367 g/mol. The van der Waals surface area contributed by atoms with Crippen LogP contribution in [0.15, 0.2) is 5.29 Å². The van der Waals surface area contributed by atoms with Crippen LogP contribution in [-0.2, 0) is 0 Å². The lowest BCUT2D eigenvalue weighted by molar-refractivity contribution is 0.156. The van der Waals surface area contributed by atoms with Gasteiger partial charge in [0.15, 0.2) is 0 Å². The highest BCUT2D eigenvalue weighted by Crippen LogP contribution is 1.95. The minimum absolute atomic E-state index is 0.0906. The molecule has 94 valence electrons. The first-order valence-electron chi connectivity index (χ1n) is 4.53. The molecule has 9 heteroatoms. The van der Waals surface area contributed by atoms with E-state index in [1.165, 1.54) is 0 Å². The van der Waals surface area contributed by atoms with E-state index in [4.69, 9.17) is 11.6 Å². The fourth-order valence-corrected chi connectivity index (χ4v) is 1.90. The van der Waals surface area contributed by atoms with Gasteiger partial charge in [-0.2, -0.15) is 5.01 Å². The summed E-state index contributed by atoms with van der Waals surface area (Å²) in [5.74, 6) is 0.163. The van der Waals surface area contributed by atoms with Crippen LogP contribution in [0.3, 0.4) is 0 Å². The van der Waals surface area contributed by atoms with E-state index in [0.717, 1.165) is 5.01 Å². The van der Waals surface area contributed by atoms with Gasteiger partial charge in [-0.1, -0.05) is 31.9 Å². The average molecular weight is 380 g/mol. The SMILES string of the molecule is O=NN(CCCl)C(=O)NN(CCBr)CCBr. The van der Waals surface area contributed by atoms with Crippen LogP contribution in [0.25, 0.3) is 0 Å². The quantitative estimate of drug-likeness (QED) is 0.398. The number of hydrogen-bond donors (Lipinski definition) is 1. The first kappa shape index (κ1) is 16.1. The summed E-state index contributed by atoms with van der Waals surface area (Å²) in [6.07, 6.45) is 0. The first-order valence-corrected chi connectivity index (χ1v) is 7.31. The second-order valence-electron chi connectivity index (χ2n) is 2.68. The highest BCUT2D eigenvalue weighted by atomic mass is 79.9. The lowest BCUT2D eigenvalue weighted by Crippen LogP contribution is -2.49. The van der Waals surface area contributed by atoms with Crippen molar-refractivity contribution in [2.24, 2.45) is 5.29 Å². The van der Waals surface area contributed by atoms with Crippen molar-refractivity contribution in [3.8, 4) is 0 Å². The smallest absolute Gasteiger partial charge is 0.269 e. The molecule has 0 bridgehead atoms. The summed E-state index contributed by atoms with van der Waals surface area (Å²) in [7, 11) is 0. The number of urea groups is 1. The van der Waals surface area contributed by atoms with Gasteiger partial charge in [0.2, 0.25) is 0 Å². The molecule has 0 spiro atoms. The number of nitrogens with zero attached hydrogens (tertiary/aromatic N) is 3. The van der Waals surface area contributed by atoms with Crippen LogP contribution in [-0.4, -0.2) is 52.2 Å². The minimum Gasteiger partial charge on any atom is -0.269 e. The minimum atomic E-state index is -0.572. The number of carbonyl (C=O) groups excluding carboxylic acids is 1. The van der Waals surface area contributed by atoms with Crippen molar-refractivity contribution in [2.45, 2.75) is 0 Å². The largest absolute Gasteiger partial charge is 0.354 e. The van der Waals surface area contributed by atoms with Crippen molar-refractivity contribution in [1.82, 2.24) is 15.4 Å². The van der Waals surface area contributed by atoms with Crippen molar-refractivity contribution >= 4 is 49.5 Å². The van der Waals surface area contributed by atoms with Gasteiger partial charge in [0.1, 0.15) is 0 Å². The van der Waals surface area contributed by atoms with Gasteiger partial charge in [-0.25, -0.2) is 9.80 Å². The summed E-state index contributed by atoms with van der Waals surface area (Å²) < 4.78 is 0. The number of halogens is 3. The predicted octanol–water partition coefficient (Wildman–Crippen LogP) is 1.93. The Hall–Kier alpha value is 0.0800. The third-order valence-electron chi connectivity index (χ3n) is 1.59. The molecule has 0 saturated heterocycles. The number of amides is 2. The van der Waals surface area contributed by atoms with Gasteiger partial charge in [0.05, 0.1) is 11.8 Å². The van der Waals surface area contributed by atoms with Crippen LogP contribution in [0.2, 0.25) is 0 Å². The predicted molar refractivity (Wildman–Crippen MR) is 70.9 cm³/mol. The monoisotopic (exact) mass is 378 g/mol. The Kier molecular flexibility index (Phi) is 10.3. The molecule has 0 aliphatic carbocycles. The summed E-state index contributed by atoms with van der Waals surface area (Å²) in [6, 6.07) is -0.572. The highest BCUT2D eigenvalue weighted by molar-refractivity contribution is 9.09. The Bertz CT molecular complexity index is 217. The molecule has 0 aliphatic rings. The number of rotatable bonds is 8. The van der Waals surface area contributed by atoms with Gasteiger partial charge < -0.3 is 0 Å². The molecule has 0 rings (SSSR count). The normalized spacial score (nSPS) is 10.2. The van der Waals surface area contributed by atoms with E-state index in [1.54, 1.807) is 5.01 Å². The lowest BCUT2D eigenvalue weighted by atomic mass is 10.6. The third-order valence-corrected chi connectivity index (χ3v) is 2.47. The van der Waals surface area contributed by atoms with Crippen molar-refractivity contribution < 1.29 is 4.79 Å². The van der Waals surface area contributed by atoms with E-state index in [-0.39, 0.29) is 12.4 Å². The molecule has 0 saturated carbocycles.